The summed E-state index contributed by atoms with van der Waals surface area (Å²) in [5.41, 5.74) is 1.93. The summed E-state index contributed by atoms with van der Waals surface area (Å²) in [7, 11) is 2.55. The molecular formula is C7H7ClN3P. The van der Waals surface area contributed by atoms with E-state index in [-0.39, 0.29) is 0 Å². The summed E-state index contributed by atoms with van der Waals surface area (Å²) in [4.78, 5) is 8.02. The molecule has 0 fully saturated rings. The van der Waals surface area contributed by atoms with Gasteiger partial charge in [-0.05, 0) is 21.9 Å². The first-order chi connectivity index (χ1) is 5.70. The van der Waals surface area contributed by atoms with Crippen molar-refractivity contribution >= 4 is 32.0 Å². The van der Waals surface area contributed by atoms with E-state index in [1.807, 2.05) is 17.5 Å². The second kappa shape index (κ2) is 2.68. The van der Waals surface area contributed by atoms with Gasteiger partial charge in [-0.2, -0.15) is 0 Å². The normalized spacial score (nSPS) is 10.9. The standard InChI is InChI=1S/C7H7ClN3P/c1-4-2-11(12)7-5(4)6(8)9-3-10-7/h2-3H,12H2,1H3. The summed E-state index contributed by atoms with van der Waals surface area (Å²) >= 11 is 5.90. The highest BCUT2D eigenvalue weighted by Crippen LogP contribution is 2.25. The Morgan fingerprint density at radius 2 is 2.25 bits per heavy atom. The third kappa shape index (κ3) is 1.01. The molecule has 0 saturated heterocycles. The second-order valence-electron chi connectivity index (χ2n) is 2.58. The van der Waals surface area contributed by atoms with Gasteiger partial charge in [0.05, 0.1) is 5.39 Å². The van der Waals surface area contributed by atoms with Crippen LogP contribution in [-0.2, 0) is 0 Å². The monoisotopic (exact) mass is 199 g/mol. The summed E-state index contributed by atoms with van der Waals surface area (Å²) in [5.74, 6) is 0. The van der Waals surface area contributed by atoms with Crippen LogP contribution in [0.5, 0.6) is 0 Å². The van der Waals surface area contributed by atoms with E-state index < -0.39 is 0 Å². The number of hydrogen-bond donors (Lipinski definition) is 0. The lowest BCUT2D eigenvalue weighted by Gasteiger charge is -1.94. The van der Waals surface area contributed by atoms with E-state index in [0.29, 0.717) is 5.15 Å². The van der Waals surface area contributed by atoms with Gasteiger partial charge in [-0.15, -0.1) is 0 Å². The predicted octanol–water partition coefficient (Wildman–Crippen LogP) is 2.03. The zero-order valence-electron chi connectivity index (χ0n) is 6.45. The number of halogens is 1. The number of rotatable bonds is 0. The fourth-order valence-electron chi connectivity index (χ4n) is 1.22. The Hall–Kier alpha value is -0.660. The first kappa shape index (κ1) is 7.96. The Kier molecular flexibility index (Phi) is 1.78. The Labute approximate surface area is 77.0 Å². The molecule has 0 radical (unpaired) electrons. The smallest absolute Gasteiger partial charge is 0.147 e. The zero-order chi connectivity index (χ0) is 8.72. The van der Waals surface area contributed by atoms with E-state index in [1.54, 1.807) is 0 Å². The molecule has 1 atom stereocenters. The number of fused-ring (bicyclic) bond motifs is 1. The molecule has 2 rings (SSSR count). The van der Waals surface area contributed by atoms with Crippen molar-refractivity contribution in [1.29, 1.82) is 0 Å². The number of hydrogen-bond acceptors (Lipinski definition) is 2. The number of aromatic nitrogens is 3. The van der Waals surface area contributed by atoms with Crippen molar-refractivity contribution in [3.63, 3.8) is 0 Å². The summed E-state index contributed by atoms with van der Waals surface area (Å²) in [6.45, 7) is 1.98. The molecule has 12 heavy (non-hydrogen) atoms. The van der Waals surface area contributed by atoms with Crippen LogP contribution in [0, 0.1) is 6.92 Å². The molecule has 0 aromatic carbocycles. The quantitative estimate of drug-likeness (QED) is 0.480. The predicted molar refractivity (Wildman–Crippen MR) is 52.4 cm³/mol. The van der Waals surface area contributed by atoms with E-state index in [0.717, 1.165) is 16.6 Å². The SMILES string of the molecule is Cc1cn(P)c2ncnc(Cl)c12. The average Bonchev–Trinajstić information content (AvgIpc) is 2.29. The van der Waals surface area contributed by atoms with Crippen LogP contribution in [0.25, 0.3) is 11.0 Å². The highest BCUT2D eigenvalue weighted by molar-refractivity contribution is 7.14. The first-order valence-electron chi connectivity index (χ1n) is 3.43. The minimum Gasteiger partial charge on any atom is -0.317 e. The molecule has 0 aliphatic carbocycles. The van der Waals surface area contributed by atoms with Gasteiger partial charge in [-0.1, -0.05) is 11.6 Å². The molecule has 3 nitrogen and oxygen atoms in total. The van der Waals surface area contributed by atoms with Gasteiger partial charge >= 0.3 is 0 Å². The minimum atomic E-state index is 0.513. The molecule has 2 aromatic rings. The number of nitrogens with zero attached hydrogens (tertiary/aromatic N) is 3. The number of aryl methyl sites for hydroxylation is 1. The Balaban J connectivity index is 2.99. The summed E-state index contributed by atoms with van der Waals surface area (Å²) in [5, 5.41) is 1.44. The van der Waals surface area contributed by atoms with Crippen LogP contribution in [0.15, 0.2) is 12.5 Å². The summed E-state index contributed by atoms with van der Waals surface area (Å²) < 4.78 is 1.86. The van der Waals surface area contributed by atoms with Gasteiger partial charge in [0.25, 0.3) is 0 Å². The van der Waals surface area contributed by atoms with Crippen LogP contribution in [0.3, 0.4) is 0 Å². The maximum absolute atomic E-state index is 5.90. The minimum absolute atomic E-state index is 0.513. The summed E-state index contributed by atoms with van der Waals surface area (Å²) in [6, 6.07) is 0. The van der Waals surface area contributed by atoms with E-state index in [4.69, 9.17) is 11.6 Å². The van der Waals surface area contributed by atoms with Gasteiger partial charge in [0, 0.05) is 6.20 Å². The average molecular weight is 200 g/mol. The highest BCUT2D eigenvalue weighted by Gasteiger charge is 2.07. The largest absolute Gasteiger partial charge is 0.317 e. The van der Waals surface area contributed by atoms with Crippen molar-refractivity contribution in [2.45, 2.75) is 6.92 Å². The molecule has 0 amide bonds. The van der Waals surface area contributed by atoms with Crippen molar-refractivity contribution in [3.8, 4) is 0 Å². The first-order valence-corrected chi connectivity index (χ1v) is 4.33. The fourth-order valence-corrected chi connectivity index (χ4v) is 1.92. The van der Waals surface area contributed by atoms with E-state index in [2.05, 4.69) is 19.4 Å². The van der Waals surface area contributed by atoms with Crippen molar-refractivity contribution in [2.75, 3.05) is 0 Å². The molecule has 0 aliphatic heterocycles. The lowest BCUT2D eigenvalue weighted by atomic mass is 10.3. The third-order valence-electron chi connectivity index (χ3n) is 1.75. The van der Waals surface area contributed by atoms with E-state index in [1.165, 1.54) is 6.33 Å². The molecule has 0 bridgehead atoms. The van der Waals surface area contributed by atoms with Gasteiger partial charge in [-0.3, -0.25) is 0 Å². The second-order valence-corrected chi connectivity index (χ2v) is 3.50. The van der Waals surface area contributed by atoms with Gasteiger partial charge in [0.1, 0.15) is 17.1 Å². The molecular weight excluding hydrogens is 193 g/mol. The maximum Gasteiger partial charge on any atom is 0.147 e. The lowest BCUT2D eigenvalue weighted by molar-refractivity contribution is 1.18. The molecule has 0 N–H and O–H groups in total. The topological polar surface area (TPSA) is 30.7 Å². The molecule has 0 spiro atoms. The Bertz CT molecular complexity index is 437. The Morgan fingerprint density at radius 1 is 1.50 bits per heavy atom. The summed E-state index contributed by atoms with van der Waals surface area (Å²) in [6.07, 6.45) is 3.42. The third-order valence-corrected chi connectivity index (χ3v) is 2.43. The van der Waals surface area contributed by atoms with Gasteiger partial charge in [-0.25, -0.2) is 9.97 Å². The molecule has 62 valence electrons. The molecule has 0 aliphatic rings. The van der Waals surface area contributed by atoms with Gasteiger partial charge < -0.3 is 4.34 Å². The molecule has 5 heteroatoms. The van der Waals surface area contributed by atoms with Crippen LogP contribution < -0.4 is 0 Å². The van der Waals surface area contributed by atoms with Crippen LogP contribution in [0.4, 0.5) is 0 Å². The Morgan fingerprint density at radius 3 is 2.92 bits per heavy atom. The van der Waals surface area contributed by atoms with Crippen LogP contribution in [0.2, 0.25) is 5.15 Å². The van der Waals surface area contributed by atoms with E-state index >= 15 is 0 Å². The van der Waals surface area contributed by atoms with Crippen molar-refractivity contribution in [1.82, 2.24) is 14.3 Å². The lowest BCUT2D eigenvalue weighted by Crippen LogP contribution is -1.83. The maximum atomic E-state index is 5.90. The van der Waals surface area contributed by atoms with Crippen molar-refractivity contribution < 1.29 is 0 Å². The van der Waals surface area contributed by atoms with Crippen molar-refractivity contribution in [2.24, 2.45) is 0 Å². The fraction of sp³-hybridized carbons (Fsp3) is 0.143. The molecule has 2 aromatic heterocycles. The van der Waals surface area contributed by atoms with Crippen molar-refractivity contribution in [3.05, 3.63) is 23.2 Å². The highest BCUT2D eigenvalue weighted by atomic mass is 35.5. The van der Waals surface area contributed by atoms with E-state index in [9.17, 15) is 0 Å². The zero-order valence-corrected chi connectivity index (χ0v) is 8.36. The molecule has 1 unspecified atom stereocenters. The van der Waals surface area contributed by atoms with Gasteiger partial charge in [0.15, 0.2) is 0 Å². The van der Waals surface area contributed by atoms with Gasteiger partial charge in [0.2, 0.25) is 0 Å². The molecule has 0 saturated carbocycles. The van der Waals surface area contributed by atoms with Crippen LogP contribution in [-0.4, -0.2) is 14.3 Å². The molecule has 2 heterocycles. The van der Waals surface area contributed by atoms with Crippen LogP contribution in [0.1, 0.15) is 5.56 Å². The van der Waals surface area contributed by atoms with Crippen LogP contribution >= 0.6 is 21.0 Å².